The first kappa shape index (κ1) is 17.8. The van der Waals surface area contributed by atoms with Crippen LogP contribution >= 0.6 is 0 Å². The van der Waals surface area contributed by atoms with E-state index >= 15 is 0 Å². The average Bonchev–Trinajstić information content (AvgIpc) is 2.33. The molecular weight excluding hydrogens is 319 g/mol. The van der Waals surface area contributed by atoms with Crippen LogP contribution in [-0.4, -0.2) is 34.2 Å². The Balaban J connectivity index is 3.36. The fourth-order valence-corrected chi connectivity index (χ4v) is 3.75. The van der Waals surface area contributed by atoms with Gasteiger partial charge in [0.15, 0.2) is 0 Å². The molecule has 9 heteroatoms. The molecule has 0 saturated heterocycles. The number of rotatable bonds is 6. The van der Waals surface area contributed by atoms with Gasteiger partial charge in [0.25, 0.3) is 0 Å². The van der Waals surface area contributed by atoms with Gasteiger partial charge in [0.05, 0.1) is 4.90 Å². The zero-order valence-corrected chi connectivity index (χ0v) is 13.3. The molecule has 0 radical (unpaired) electrons. The molecule has 0 amide bonds. The lowest BCUT2D eigenvalue weighted by Gasteiger charge is -2.21. The summed E-state index contributed by atoms with van der Waals surface area (Å²) in [6, 6.07) is 2.45. The highest BCUT2D eigenvalue weighted by Crippen LogP contribution is 2.22. The molecule has 0 heterocycles. The van der Waals surface area contributed by atoms with E-state index in [1.54, 1.807) is 13.8 Å². The summed E-state index contributed by atoms with van der Waals surface area (Å²) in [6.07, 6.45) is 0. The highest BCUT2D eigenvalue weighted by Gasteiger charge is 2.27. The zero-order valence-electron chi connectivity index (χ0n) is 11.7. The number of sulfonamides is 2. The zero-order chi connectivity index (χ0) is 16.4. The third-order valence-electron chi connectivity index (χ3n) is 2.65. The second-order valence-electron chi connectivity index (χ2n) is 4.53. The van der Waals surface area contributed by atoms with E-state index in [-0.39, 0.29) is 13.1 Å². The minimum atomic E-state index is -4.09. The summed E-state index contributed by atoms with van der Waals surface area (Å²) < 4.78 is 61.9. The predicted molar refractivity (Wildman–Crippen MR) is 77.0 cm³/mol. The number of primary sulfonamides is 1. The van der Waals surface area contributed by atoms with Crippen molar-refractivity contribution in [2.75, 3.05) is 13.1 Å². The maximum Gasteiger partial charge on any atom is 0.246 e. The molecule has 118 valence electrons. The van der Waals surface area contributed by atoms with Crippen LogP contribution in [0.15, 0.2) is 40.1 Å². The molecule has 1 rings (SSSR count). The molecule has 1 aromatic carbocycles. The largest absolute Gasteiger partial charge is 0.246 e. The Morgan fingerprint density at radius 1 is 1.33 bits per heavy atom. The fraction of sp³-hybridized carbons (Fsp3) is 0.333. The number of hydrogen-bond donors (Lipinski definition) is 1. The van der Waals surface area contributed by atoms with Gasteiger partial charge in [-0.15, -0.1) is 0 Å². The van der Waals surface area contributed by atoms with Gasteiger partial charge in [-0.3, -0.25) is 0 Å². The Labute approximate surface area is 124 Å². The molecule has 0 aliphatic rings. The van der Waals surface area contributed by atoms with E-state index in [0.717, 1.165) is 16.4 Å². The van der Waals surface area contributed by atoms with Gasteiger partial charge in [-0.1, -0.05) is 19.1 Å². The van der Waals surface area contributed by atoms with Gasteiger partial charge in [-0.05, 0) is 25.1 Å². The maximum absolute atomic E-state index is 14.0. The van der Waals surface area contributed by atoms with Crippen molar-refractivity contribution in [3.05, 3.63) is 36.2 Å². The number of nitrogens with two attached hydrogens (primary N) is 1. The molecule has 0 aliphatic carbocycles. The van der Waals surface area contributed by atoms with Crippen molar-refractivity contribution in [3.63, 3.8) is 0 Å². The number of nitrogens with zero attached hydrogens (tertiary/aromatic N) is 1. The minimum Gasteiger partial charge on any atom is -0.225 e. The summed E-state index contributed by atoms with van der Waals surface area (Å²) in [7, 11) is -8.17. The van der Waals surface area contributed by atoms with Gasteiger partial charge in [-0.25, -0.2) is 26.4 Å². The van der Waals surface area contributed by atoms with Gasteiger partial charge in [0, 0.05) is 13.1 Å². The van der Waals surface area contributed by atoms with Crippen LogP contribution in [0.1, 0.15) is 13.8 Å². The second-order valence-corrected chi connectivity index (χ2v) is 7.99. The Morgan fingerprint density at radius 3 is 2.29 bits per heavy atom. The highest BCUT2D eigenvalue weighted by atomic mass is 32.2. The standard InChI is InChI=1S/C12H17FN2O4S2/c1-4-15(8-9(2)3)21(18,19)12-6-5-10(7-11(12)13)20(14,16)17/h5-7H,2,4,8H2,1,3H3,(H2,14,16,17). The van der Waals surface area contributed by atoms with Gasteiger partial charge in [-0.2, -0.15) is 4.31 Å². The van der Waals surface area contributed by atoms with E-state index < -0.39 is 35.7 Å². The molecule has 0 spiro atoms. The van der Waals surface area contributed by atoms with Gasteiger partial charge < -0.3 is 0 Å². The molecule has 0 aromatic heterocycles. The lowest BCUT2D eigenvalue weighted by atomic mass is 10.3. The molecule has 0 bridgehead atoms. The van der Waals surface area contributed by atoms with Crippen molar-refractivity contribution in [1.82, 2.24) is 4.31 Å². The van der Waals surface area contributed by atoms with Crippen LogP contribution in [-0.2, 0) is 20.0 Å². The second kappa shape index (κ2) is 6.22. The Kier molecular flexibility index (Phi) is 5.26. The molecule has 0 fully saturated rings. The minimum absolute atomic E-state index is 0.0508. The highest BCUT2D eigenvalue weighted by molar-refractivity contribution is 7.89. The summed E-state index contributed by atoms with van der Waals surface area (Å²) in [5.41, 5.74) is 0.599. The lowest BCUT2D eigenvalue weighted by molar-refractivity contribution is 0.446. The number of benzene rings is 1. The van der Waals surface area contributed by atoms with Crippen molar-refractivity contribution >= 4 is 20.0 Å². The van der Waals surface area contributed by atoms with Gasteiger partial charge >= 0.3 is 0 Å². The topological polar surface area (TPSA) is 97.5 Å². The first-order chi connectivity index (χ1) is 9.50. The fourth-order valence-electron chi connectivity index (χ4n) is 1.67. The van der Waals surface area contributed by atoms with Crippen molar-refractivity contribution in [2.45, 2.75) is 23.6 Å². The molecule has 0 atom stereocenters. The van der Waals surface area contributed by atoms with Crippen molar-refractivity contribution in [2.24, 2.45) is 5.14 Å². The van der Waals surface area contributed by atoms with Crippen LogP contribution in [0.5, 0.6) is 0 Å². The molecular formula is C12H17FN2O4S2. The van der Waals surface area contributed by atoms with E-state index in [1.165, 1.54) is 0 Å². The lowest BCUT2D eigenvalue weighted by Crippen LogP contribution is -2.32. The first-order valence-corrected chi connectivity index (χ1v) is 8.95. The van der Waals surface area contributed by atoms with E-state index in [1.807, 2.05) is 0 Å². The summed E-state index contributed by atoms with van der Waals surface area (Å²) >= 11 is 0. The average molecular weight is 336 g/mol. The first-order valence-electron chi connectivity index (χ1n) is 5.97. The van der Waals surface area contributed by atoms with Gasteiger partial charge in [0.1, 0.15) is 10.7 Å². The van der Waals surface area contributed by atoms with E-state index in [9.17, 15) is 21.2 Å². The van der Waals surface area contributed by atoms with Crippen LogP contribution < -0.4 is 5.14 Å². The van der Waals surface area contributed by atoms with Crippen LogP contribution in [0.2, 0.25) is 0 Å². The summed E-state index contributed by atoms with van der Waals surface area (Å²) in [5.74, 6) is -1.17. The third kappa shape index (κ3) is 4.10. The van der Waals surface area contributed by atoms with Gasteiger partial charge in [0.2, 0.25) is 20.0 Å². The SMILES string of the molecule is C=C(C)CN(CC)S(=O)(=O)c1ccc(S(N)(=O)=O)cc1F. The van der Waals surface area contributed by atoms with Crippen molar-refractivity contribution in [1.29, 1.82) is 0 Å². The summed E-state index contributed by atoms with van der Waals surface area (Å²) in [4.78, 5) is -1.08. The predicted octanol–water partition coefficient (Wildman–Crippen LogP) is 1.06. The number of hydrogen-bond acceptors (Lipinski definition) is 4. The molecule has 21 heavy (non-hydrogen) atoms. The summed E-state index contributed by atoms with van der Waals surface area (Å²) in [5, 5.41) is 4.87. The number of likely N-dealkylation sites (N-methyl/N-ethyl adjacent to an activating group) is 1. The van der Waals surface area contributed by atoms with E-state index in [0.29, 0.717) is 11.6 Å². The Bertz CT molecular complexity index is 757. The Morgan fingerprint density at radius 2 is 1.90 bits per heavy atom. The molecule has 6 nitrogen and oxygen atoms in total. The Hall–Kier alpha value is -1.29. The summed E-state index contributed by atoms with van der Waals surface area (Å²) in [6.45, 7) is 7.06. The van der Waals surface area contributed by atoms with Crippen LogP contribution in [0.3, 0.4) is 0 Å². The van der Waals surface area contributed by atoms with E-state index in [2.05, 4.69) is 6.58 Å². The maximum atomic E-state index is 14.0. The monoisotopic (exact) mass is 336 g/mol. The van der Waals surface area contributed by atoms with Crippen LogP contribution in [0.4, 0.5) is 4.39 Å². The van der Waals surface area contributed by atoms with Crippen molar-refractivity contribution < 1.29 is 21.2 Å². The van der Waals surface area contributed by atoms with Crippen LogP contribution in [0.25, 0.3) is 0 Å². The smallest absolute Gasteiger partial charge is 0.225 e. The van der Waals surface area contributed by atoms with Crippen molar-refractivity contribution in [3.8, 4) is 0 Å². The third-order valence-corrected chi connectivity index (χ3v) is 5.51. The molecule has 0 aliphatic heterocycles. The van der Waals surface area contributed by atoms with E-state index in [4.69, 9.17) is 5.14 Å². The van der Waals surface area contributed by atoms with Crippen LogP contribution in [0, 0.1) is 5.82 Å². The quantitative estimate of drug-likeness (QED) is 0.785. The normalized spacial score (nSPS) is 12.6. The molecule has 0 unspecified atom stereocenters. The molecule has 2 N–H and O–H groups in total. The molecule has 1 aromatic rings. The number of halogens is 1. The molecule has 0 saturated carbocycles.